The van der Waals surface area contributed by atoms with E-state index in [1.165, 1.54) is 4.90 Å². The van der Waals surface area contributed by atoms with Gasteiger partial charge in [0.25, 0.3) is 11.8 Å². The van der Waals surface area contributed by atoms with E-state index in [4.69, 9.17) is 11.6 Å². The zero-order valence-corrected chi connectivity index (χ0v) is 18.7. The highest BCUT2D eigenvalue weighted by atomic mass is 35.5. The summed E-state index contributed by atoms with van der Waals surface area (Å²) in [5, 5.41) is 0.514. The molecule has 1 aliphatic rings. The highest BCUT2D eigenvalue weighted by molar-refractivity contribution is 6.31. The molecule has 0 saturated carbocycles. The summed E-state index contributed by atoms with van der Waals surface area (Å²) in [5.41, 5.74) is 3.78. The Hall–Kier alpha value is -3.44. The van der Waals surface area contributed by atoms with Gasteiger partial charge in [0.05, 0.1) is 12.1 Å². The van der Waals surface area contributed by atoms with Crippen LogP contribution in [0, 0.1) is 13.8 Å². The molecule has 0 aromatic heterocycles. The second-order valence-corrected chi connectivity index (χ2v) is 8.43. The van der Waals surface area contributed by atoms with Crippen molar-refractivity contribution in [2.24, 2.45) is 0 Å². The van der Waals surface area contributed by atoms with Crippen LogP contribution in [0.2, 0.25) is 5.02 Å². The van der Waals surface area contributed by atoms with E-state index in [-0.39, 0.29) is 24.8 Å². The second-order valence-electron chi connectivity index (χ2n) is 8.00. The van der Waals surface area contributed by atoms with Crippen LogP contribution >= 0.6 is 11.6 Å². The van der Waals surface area contributed by atoms with Crippen molar-refractivity contribution in [3.63, 3.8) is 0 Å². The predicted octanol–water partition coefficient (Wildman–Crippen LogP) is 4.93. The van der Waals surface area contributed by atoms with Gasteiger partial charge in [-0.25, -0.2) is 4.90 Å². The van der Waals surface area contributed by atoms with Gasteiger partial charge in [-0.15, -0.1) is 0 Å². The Bertz CT molecular complexity index is 1170. The molecule has 1 unspecified atom stereocenters. The monoisotopic (exact) mass is 446 g/mol. The number of hydrogen-bond acceptors (Lipinski definition) is 3. The summed E-state index contributed by atoms with van der Waals surface area (Å²) >= 11 is 5.95. The van der Waals surface area contributed by atoms with E-state index in [0.717, 1.165) is 21.6 Å². The zero-order valence-electron chi connectivity index (χ0n) is 17.9. The van der Waals surface area contributed by atoms with E-state index in [9.17, 15) is 14.4 Å². The van der Waals surface area contributed by atoms with E-state index >= 15 is 0 Å². The fourth-order valence-electron chi connectivity index (χ4n) is 3.90. The van der Waals surface area contributed by atoms with Gasteiger partial charge in [0.2, 0.25) is 5.91 Å². The molecule has 0 spiro atoms. The summed E-state index contributed by atoms with van der Waals surface area (Å²) in [6.07, 6.45) is -0.0645. The van der Waals surface area contributed by atoms with Gasteiger partial charge in [0.15, 0.2) is 0 Å². The molecule has 0 bridgehead atoms. The molecule has 3 aromatic carbocycles. The first kappa shape index (κ1) is 21.8. The van der Waals surface area contributed by atoms with Gasteiger partial charge < -0.3 is 4.90 Å². The standard InChI is InChI=1S/C26H23ClN2O3/c1-17-7-9-19(10-8-17)16-28(25(31)22-6-4-3-5-18(22)2)23-15-24(30)29(26(23)32)21-13-11-20(27)12-14-21/h3-14,23H,15-16H2,1-2H3. The number of carbonyl (C=O) groups excluding carboxylic acids is 3. The lowest BCUT2D eigenvalue weighted by Gasteiger charge is -2.28. The van der Waals surface area contributed by atoms with Crippen molar-refractivity contribution in [3.05, 3.63) is 100 Å². The number of imide groups is 1. The van der Waals surface area contributed by atoms with Crippen LogP contribution in [-0.4, -0.2) is 28.7 Å². The minimum Gasteiger partial charge on any atom is -0.322 e. The smallest absolute Gasteiger partial charge is 0.257 e. The van der Waals surface area contributed by atoms with E-state index < -0.39 is 11.9 Å². The van der Waals surface area contributed by atoms with Crippen molar-refractivity contribution in [1.29, 1.82) is 0 Å². The Morgan fingerprint density at radius 1 is 0.969 bits per heavy atom. The van der Waals surface area contributed by atoms with Gasteiger partial charge in [0.1, 0.15) is 6.04 Å². The minimum atomic E-state index is -0.883. The predicted molar refractivity (Wildman–Crippen MR) is 125 cm³/mol. The summed E-state index contributed by atoms with van der Waals surface area (Å²) in [6.45, 7) is 4.08. The lowest BCUT2D eigenvalue weighted by atomic mass is 10.0. The molecule has 0 N–H and O–H groups in total. The third kappa shape index (κ3) is 4.30. The minimum absolute atomic E-state index is 0.0645. The number of benzene rings is 3. The van der Waals surface area contributed by atoms with Crippen molar-refractivity contribution in [2.45, 2.75) is 32.9 Å². The molecule has 1 atom stereocenters. The van der Waals surface area contributed by atoms with Crippen LogP contribution < -0.4 is 4.90 Å². The van der Waals surface area contributed by atoms with Crippen LogP contribution in [0.15, 0.2) is 72.8 Å². The molecule has 0 radical (unpaired) electrons. The Morgan fingerprint density at radius 2 is 1.62 bits per heavy atom. The Kier molecular flexibility index (Phi) is 6.10. The molecule has 0 aliphatic carbocycles. The molecule has 1 aliphatic heterocycles. The van der Waals surface area contributed by atoms with Gasteiger partial charge >= 0.3 is 0 Å². The average Bonchev–Trinajstić information content (AvgIpc) is 3.07. The maximum Gasteiger partial charge on any atom is 0.257 e. The number of aryl methyl sites for hydroxylation is 2. The molecular weight excluding hydrogens is 424 g/mol. The first-order valence-electron chi connectivity index (χ1n) is 10.4. The third-order valence-electron chi connectivity index (χ3n) is 5.69. The highest BCUT2D eigenvalue weighted by Gasteiger charge is 2.44. The topological polar surface area (TPSA) is 57.7 Å². The van der Waals surface area contributed by atoms with E-state index in [1.54, 1.807) is 36.4 Å². The number of amides is 3. The largest absolute Gasteiger partial charge is 0.322 e. The highest BCUT2D eigenvalue weighted by Crippen LogP contribution is 2.29. The van der Waals surface area contributed by atoms with Crippen LogP contribution in [0.3, 0.4) is 0 Å². The lowest BCUT2D eigenvalue weighted by molar-refractivity contribution is -0.122. The average molecular weight is 447 g/mol. The van der Waals surface area contributed by atoms with Crippen molar-refractivity contribution in [3.8, 4) is 0 Å². The van der Waals surface area contributed by atoms with Crippen LogP contribution in [0.4, 0.5) is 5.69 Å². The molecule has 6 heteroatoms. The van der Waals surface area contributed by atoms with E-state index in [2.05, 4.69) is 0 Å². The molecule has 3 aromatic rings. The number of hydrogen-bond donors (Lipinski definition) is 0. The van der Waals surface area contributed by atoms with Gasteiger partial charge in [0, 0.05) is 17.1 Å². The summed E-state index contributed by atoms with van der Waals surface area (Å²) in [6, 6.07) is 20.7. The summed E-state index contributed by atoms with van der Waals surface area (Å²) in [7, 11) is 0. The van der Waals surface area contributed by atoms with Crippen LogP contribution in [0.5, 0.6) is 0 Å². The zero-order chi connectivity index (χ0) is 22.8. The molecule has 1 fully saturated rings. The molecule has 5 nitrogen and oxygen atoms in total. The Morgan fingerprint density at radius 3 is 2.28 bits per heavy atom. The number of halogens is 1. The Balaban J connectivity index is 1.70. The maximum atomic E-state index is 13.6. The molecule has 162 valence electrons. The van der Waals surface area contributed by atoms with Gasteiger partial charge in [-0.2, -0.15) is 0 Å². The van der Waals surface area contributed by atoms with Crippen molar-refractivity contribution in [1.82, 2.24) is 4.90 Å². The number of anilines is 1. The van der Waals surface area contributed by atoms with E-state index in [1.807, 2.05) is 50.2 Å². The maximum absolute atomic E-state index is 13.6. The molecule has 4 rings (SSSR count). The second kappa shape index (κ2) is 8.97. The lowest BCUT2D eigenvalue weighted by Crippen LogP contribution is -2.45. The summed E-state index contributed by atoms with van der Waals surface area (Å²) < 4.78 is 0. The van der Waals surface area contributed by atoms with Crippen molar-refractivity contribution < 1.29 is 14.4 Å². The third-order valence-corrected chi connectivity index (χ3v) is 5.95. The Labute approximate surface area is 192 Å². The number of carbonyl (C=O) groups is 3. The van der Waals surface area contributed by atoms with Gasteiger partial charge in [-0.1, -0.05) is 59.6 Å². The summed E-state index contributed by atoms with van der Waals surface area (Å²) in [4.78, 5) is 42.5. The molecule has 32 heavy (non-hydrogen) atoms. The van der Waals surface area contributed by atoms with Crippen LogP contribution in [0.1, 0.15) is 33.5 Å². The number of rotatable bonds is 5. The van der Waals surface area contributed by atoms with E-state index in [0.29, 0.717) is 16.3 Å². The molecule has 1 heterocycles. The molecular formula is C26H23ClN2O3. The van der Waals surface area contributed by atoms with Gasteiger partial charge in [-0.05, 0) is 55.3 Å². The van der Waals surface area contributed by atoms with Crippen LogP contribution in [0.25, 0.3) is 0 Å². The van der Waals surface area contributed by atoms with Crippen molar-refractivity contribution >= 4 is 35.0 Å². The number of nitrogens with zero attached hydrogens (tertiary/aromatic N) is 2. The quantitative estimate of drug-likeness (QED) is 0.522. The summed E-state index contributed by atoms with van der Waals surface area (Å²) in [5.74, 6) is -1.02. The van der Waals surface area contributed by atoms with Crippen molar-refractivity contribution in [2.75, 3.05) is 4.90 Å². The molecule has 1 saturated heterocycles. The first-order chi connectivity index (χ1) is 15.3. The SMILES string of the molecule is Cc1ccc(CN(C(=O)c2ccccc2C)C2CC(=O)N(c3ccc(Cl)cc3)C2=O)cc1. The normalized spacial score (nSPS) is 15.8. The fourth-order valence-corrected chi connectivity index (χ4v) is 4.03. The molecule has 3 amide bonds. The first-order valence-corrected chi connectivity index (χ1v) is 10.8. The fraction of sp³-hybridized carbons (Fsp3) is 0.192. The van der Waals surface area contributed by atoms with Gasteiger partial charge in [-0.3, -0.25) is 14.4 Å². The van der Waals surface area contributed by atoms with Crippen LogP contribution in [-0.2, 0) is 16.1 Å².